The normalized spacial score (nSPS) is 10.4. The number of hydrogen-bond acceptors (Lipinski definition) is 4. The Morgan fingerprint density at radius 1 is 0.900 bits per heavy atom. The summed E-state index contributed by atoms with van der Waals surface area (Å²) in [6.45, 7) is 1.98. The monoisotopic (exact) mass is 266 g/mol. The van der Waals surface area contributed by atoms with Crippen molar-refractivity contribution < 1.29 is 9.15 Å². The number of nitrogens with zero attached hydrogens (tertiary/aromatic N) is 2. The minimum absolute atomic E-state index is 0.535. The first-order chi connectivity index (χ1) is 9.85. The van der Waals surface area contributed by atoms with Gasteiger partial charge >= 0.3 is 0 Å². The van der Waals surface area contributed by atoms with Crippen LogP contribution in [0.4, 0.5) is 0 Å². The zero-order chi connectivity index (χ0) is 13.8. The van der Waals surface area contributed by atoms with Crippen molar-refractivity contribution in [2.45, 2.75) is 13.3 Å². The van der Waals surface area contributed by atoms with Gasteiger partial charge < -0.3 is 9.15 Å². The molecule has 3 aromatic rings. The zero-order valence-electron chi connectivity index (χ0n) is 11.1. The van der Waals surface area contributed by atoms with Gasteiger partial charge in [0, 0.05) is 12.0 Å². The van der Waals surface area contributed by atoms with Crippen molar-refractivity contribution >= 4 is 0 Å². The molecular weight excluding hydrogens is 252 g/mol. The van der Waals surface area contributed by atoms with Gasteiger partial charge in [0.25, 0.3) is 0 Å². The molecule has 0 unspecified atom stereocenters. The predicted molar refractivity (Wildman–Crippen MR) is 75.6 cm³/mol. The molecule has 4 heteroatoms. The van der Waals surface area contributed by atoms with Crippen molar-refractivity contribution in [3.63, 3.8) is 0 Å². The summed E-state index contributed by atoms with van der Waals surface area (Å²) in [5, 5.41) is 7.97. The Hall–Kier alpha value is -2.62. The molecule has 3 rings (SSSR count). The van der Waals surface area contributed by atoms with E-state index >= 15 is 0 Å². The summed E-state index contributed by atoms with van der Waals surface area (Å²) in [4.78, 5) is 0. The summed E-state index contributed by atoms with van der Waals surface area (Å²) in [6.07, 6.45) is 0.738. The maximum absolute atomic E-state index is 5.73. The maximum Gasteiger partial charge on any atom is 0.247 e. The van der Waals surface area contributed by atoms with Crippen LogP contribution in [0.1, 0.15) is 12.8 Å². The van der Waals surface area contributed by atoms with E-state index in [0.717, 1.165) is 23.5 Å². The summed E-state index contributed by atoms with van der Waals surface area (Å²) >= 11 is 0. The molecule has 0 radical (unpaired) electrons. The average molecular weight is 266 g/mol. The van der Waals surface area contributed by atoms with Crippen molar-refractivity contribution in [2.75, 3.05) is 0 Å². The lowest BCUT2D eigenvalue weighted by Crippen LogP contribution is -1.84. The van der Waals surface area contributed by atoms with E-state index in [-0.39, 0.29) is 0 Å². The highest BCUT2D eigenvalue weighted by molar-refractivity contribution is 5.54. The minimum Gasteiger partial charge on any atom is -0.457 e. The molecule has 0 aliphatic heterocycles. The van der Waals surface area contributed by atoms with Crippen LogP contribution in [-0.2, 0) is 6.42 Å². The van der Waals surface area contributed by atoms with Crippen molar-refractivity contribution in [3.05, 3.63) is 60.5 Å². The summed E-state index contributed by atoms with van der Waals surface area (Å²) in [7, 11) is 0. The first-order valence-electron chi connectivity index (χ1n) is 6.51. The lowest BCUT2D eigenvalue weighted by atomic mass is 10.2. The van der Waals surface area contributed by atoms with Crippen LogP contribution in [0.25, 0.3) is 11.5 Å². The van der Waals surface area contributed by atoms with Crippen molar-refractivity contribution in [1.82, 2.24) is 10.2 Å². The van der Waals surface area contributed by atoms with Crippen LogP contribution in [0.15, 0.2) is 59.0 Å². The van der Waals surface area contributed by atoms with Gasteiger partial charge in [0.15, 0.2) is 0 Å². The van der Waals surface area contributed by atoms with Crippen LogP contribution in [0.3, 0.4) is 0 Å². The van der Waals surface area contributed by atoms with E-state index < -0.39 is 0 Å². The largest absolute Gasteiger partial charge is 0.457 e. The molecule has 0 amide bonds. The smallest absolute Gasteiger partial charge is 0.247 e. The molecule has 0 aliphatic carbocycles. The Balaban J connectivity index is 1.77. The lowest BCUT2D eigenvalue weighted by molar-refractivity contribution is 0.482. The number of aryl methyl sites for hydroxylation is 1. The summed E-state index contributed by atoms with van der Waals surface area (Å²) in [5.74, 6) is 2.76. The summed E-state index contributed by atoms with van der Waals surface area (Å²) < 4.78 is 11.2. The summed E-state index contributed by atoms with van der Waals surface area (Å²) in [5.41, 5.74) is 0.887. The molecule has 0 saturated heterocycles. The molecule has 4 nitrogen and oxygen atoms in total. The second kappa shape index (κ2) is 5.57. The molecular formula is C16H14N2O2. The predicted octanol–water partition coefficient (Wildman–Crippen LogP) is 4.09. The molecule has 0 spiro atoms. The van der Waals surface area contributed by atoms with Gasteiger partial charge in [-0.2, -0.15) is 0 Å². The highest BCUT2D eigenvalue weighted by Crippen LogP contribution is 2.25. The second-order valence-corrected chi connectivity index (χ2v) is 4.29. The van der Waals surface area contributed by atoms with E-state index in [1.165, 1.54) is 0 Å². The van der Waals surface area contributed by atoms with E-state index in [1.807, 2.05) is 61.5 Å². The molecule has 0 aliphatic rings. The number of aromatic nitrogens is 2. The topological polar surface area (TPSA) is 48.2 Å². The summed E-state index contributed by atoms with van der Waals surface area (Å²) in [6, 6.07) is 17.3. The van der Waals surface area contributed by atoms with Crippen LogP contribution >= 0.6 is 0 Å². The third-order valence-electron chi connectivity index (χ3n) is 2.85. The van der Waals surface area contributed by atoms with E-state index in [4.69, 9.17) is 9.15 Å². The molecule has 1 aromatic heterocycles. The molecule has 100 valence electrons. The molecule has 0 bridgehead atoms. The van der Waals surface area contributed by atoms with E-state index in [0.29, 0.717) is 11.8 Å². The lowest BCUT2D eigenvalue weighted by Gasteiger charge is -2.05. The SMILES string of the molecule is CCc1nnc(-c2ccc(Oc3ccccc3)cc2)o1. The fraction of sp³-hybridized carbons (Fsp3) is 0.125. The minimum atomic E-state index is 0.535. The molecule has 2 aromatic carbocycles. The maximum atomic E-state index is 5.73. The Morgan fingerprint density at radius 3 is 2.25 bits per heavy atom. The van der Waals surface area contributed by atoms with Crippen LogP contribution in [0, 0.1) is 0 Å². The van der Waals surface area contributed by atoms with Gasteiger partial charge in [0.2, 0.25) is 11.8 Å². The standard InChI is InChI=1S/C16H14N2O2/c1-2-15-17-18-16(20-15)12-8-10-14(11-9-12)19-13-6-4-3-5-7-13/h3-11H,2H2,1H3. The molecule has 0 N–H and O–H groups in total. The van der Waals surface area contributed by atoms with Crippen molar-refractivity contribution in [1.29, 1.82) is 0 Å². The van der Waals surface area contributed by atoms with Gasteiger partial charge in [0.05, 0.1) is 0 Å². The second-order valence-electron chi connectivity index (χ2n) is 4.29. The highest BCUT2D eigenvalue weighted by Gasteiger charge is 2.07. The number of hydrogen-bond donors (Lipinski definition) is 0. The van der Waals surface area contributed by atoms with Crippen molar-refractivity contribution in [3.8, 4) is 23.0 Å². The molecule has 0 fully saturated rings. The van der Waals surface area contributed by atoms with Gasteiger partial charge in [-0.05, 0) is 36.4 Å². The van der Waals surface area contributed by atoms with Crippen LogP contribution < -0.4 is 4.74 Å². The number of rotatable bonds is 4. The fourth-order valence-corrected chi connectivity index (χ4v) is 1.80. The Morgan fingerprint density at radius 2 is 1.60 bits per heavy atom. The number of ether oxygens (including phenoxy) is 1. The van der Waals surface area contributed by atoms with E-state index in [2.05, 4.69) is 10.2 Å². The van der Waals surface area contributed by atoms with Crippen LogP contribution in [0.5, 0.6) is 11.5 Å². The first kappa shape index (κ1) is 12.4. The van der Waals surface area contributed by atoms with Crippen molar-refractivity contribution in [2.24, 2.45) is 0 Å². The molecule has 1 heterocycles. The van der Waals surface area contributed by atoms with Gasteiger partial charge in [0.1, 0.15) is 11.5 Å². The Kier molecular flexibility index (Phi) is 3.46. The average Bonchev–Trinajstić information content (AvgIpc) is 2.98. The van der Waals surface area contributed by atoms with Gasteiger partial charge in [-0.15, -0.1) is 10.2 Å². The Labute approximate surface area is 117 Å². The highest BCUT2D eigenvalue weighted by atomic mass is 16.5. The first-order valence-corrected chi connectivity index (χ1v) is 6.51. The third kappa shape index (κ3) is 2.69. The fourth-order valence-electron chi connectivity index (χ4n) is 1.80. The van der Waals surface area contributed by atoms with E-state index in [1.54, 1.807) is 0 Å². The molecule has 20 heavy (non-hydrogen) atoms. The zero-order valence-corrected chi connectivity index (χ0v) is 11.1. The molecule has 0 saturated carbocycles. The van der Waals surface area contributed by atoms with Gasteiger partial charge in [-0.3, -0.25) is 0 Å². The molecule has 0 atom stereocenters. The van der Waals surface area contributed by atoms with E-state index in [9.17, 15) is 0 Å². The number of para-hydroxylation sites is 1. The Bertz CT molecular complexity index is 675. The van der Waals surface area contributed by atoms with Crippen LogP contribution in [0.2, 0.25) is 0 Å². The van der Waals surface area contributed by atoms with Gasteiger partial charge in [-0.25, -0.2) is 0 Å². The number of benzene rings is 2. The van der Waals surface area contributed by atoms with Gasteiger partial charge in [-0.1, -0.05) is 25.1 Å². The third-order valence-corrected chi connectivity index (χ3v) is 2.85. The quantitative estimate of drug-likeness (QED) is 0.713. The van der Waals surface area contributed by atoms with Crippen LogP contribution in [-0.4, -0.2) is 10.2 Å².